The fraction of sp³-hybridized carbons (Fsp3) is 0.286. The van der Waals surface area contributed by atoms with E-state index in [4.69, 9.17) is 5.73 Å². The SMILES string of the molecule is CC(NC(=O)c1csc(CCN)n1)c1ccc(F)cc1F.Cl. The molecule has 0 saturated heterocycles. The summed E-state index contributed by atoms with van der Waals surface area (Å²) in [7, 11) is 0. The Hall–Kier alpha value is -1.57. The smallest absolute Gasteiger partial charge is 0.271 e. The summed E-state index contributed by atoms with van der Waals surface area (Å²) < 4.78 is 26.5. The van der Waals surface area contributed by atoms with Crippen molar-refractivity contribution in [2.24, 2.45) is 5.73 Å². The number of amides is 1. The number of nitrogens with one attached hydrogen (secondary N) is 1. The van der Waals surface area contributed by atoms with Crippen LogP contribution in [-0.4, -0.2) is 17.4 Å². The molecule has 0 saturated carbocycles. The van der Waals surface area contributed by atoms with Crippen LogP contribution in [0.15, 0.2) is 23.6 Å². The Bertz CT molecular complexity index is 651. The van der Waals surface area contributed by atoms with Crippen LogP contribution in [-0.2, 0) is 6.42 Å². The average molecular weight is 348 g/mol. The van der Waals surface area contributed by atoms with E-state index in [-0.39, 0.29) is 23.7 Å². The molecule has 22 heavy (non-hydrogen) atoms. The van der Waals surface area contributed by atoms with Gasteiger partial charge in [0.05, 0.1) is 11.0 Å². The normalized spacial score (nSPS) is 11.6. The molecular formula is C14H16ClF2N3OS. The lowest BCUT2D eigenvalue weighted by atomic mass is 10.1. The quantitative estimate of drug-likeness (QED) is 0.874. The van der Waals surface area contributed by atoms with Crippen molar-refractivity contribution in [2.75, 3.05) is 6.54 Å². The van der Waals surface area contributed by atoms with Gasteiger partial charge in [0.2, 0.25) is 0 Å². The summed E-state index contributed by atoms with van der Waals surface area (Å²) in [4.78, 5) is 16.2. The number of nitrogens with two attached hydrogens (primary N) is 1. The summed E-state index contributed by atoms with van der Waals surface area (Å²) in [5.74, 6) is -1.74. The monoisotopic (exact) mass is 347 g/mol. The number of benzene rings is 1. The Morgan fingerprint density at radius 1 is 1.45 bits per heavy atom. The van der Waals surface area contributed by atoms with Gasteiger partial charge >= 0.3 is 0 Å². The van der Waals surface area contributed by atoms with E-state index in [0.29, 0.717) is 13.0 Å². The van der Waals surface area contributed by atoms with Crippen molar-refractivity contribution in [1.29, 1.82) is 0 Å². The summed E-state index contributed by atoms with van der Waals surface area (Å²) in [5.41, 5.74) is 5.93. The Balaban J connectivity index is 0.00000242. The van der Waals surface area contributed by atoms with E-state index in [9.17, 15) is 13.6 Å². The molecule has 0 spiro atoms. The highest BCUT2D eigenvalue weighted by atomic mass is 35.5. The van der Waals surface area contributed by atoms with Crippen molar-refractivity contribution in [3.05, 3.63) is 51.5 Å². The second-order valence-corrected chi connectivity index (χ2v) is 5.47. The van der Waals surface area contributed by atoms with Crippen LogP contribution in [0.1, 0.15) is 34.0 Å². The van der Waals surface area contributed by atoms with Crippen LogP contribution in [0.3, 0.4) is 0 Å². The number of aromatic nitrogens is 1. The lowest BCUT2D eigenvalue weighted by Gasteiger charge is -2.14. The highest BCUT2D eigenvalue weighted by molar-refractivity contribution is 7.09. The third kappa shape index (κ3) is 4.46. The molecule has 2 rings (SSSR count). The minimum absolute atomic E-state index is 0. The molecule has 0 aliphatic carbocycles. The number of rotatable bonds is 5. The van der Waals surface area contributed by atoms with Crippen LogP contribution in [0.4, 0.5) is 8.78 Å². The zero-order chi connectivity index (χ0) is 15.4. The number of thiazole rings is 1. The van der Waals surface area contributed by atoms with Gasteiger partial charge in [-0.25, -0.2) is 13.8 Å². The van der Waals surface area contributed by atoms with E-state index in [1.807, 2.05) is 0 Å². The lowest BCUT2D eigenvalue weighted by molar-refractivity contribution is 0.0935. The van der Waals surface area contributed by atoms with E-state index in [2.05, 4.69) is 10.3 Å². The molecule has 0 radical (unpaired) electrons. The fourth-order valence-electron chi connectivity index (χ4n) is 1.85. The molecule has 3 N–H and O–H groups in total. The van der Waals surface area contributed by atoms with Crippen LogP contribution in [0.25, 0.3) is 0 Å². The van der Waals surface area contributed by atoms with Crippen molar-refractivity contribution < 1.29 is 13.6 Å². The van der Waals surface area contributed by atoms with Gasteiger partial charge in [-0.1, -0.05) is 6.07 Å². The van der Waals surface area contributed by atoms with Gasteiger partial charge in [0, 0.05) is 23.4 Å². The molecule has 0 fully saturated rings. The van der Waals surface area contributed by atoms with E-state index in [1.54, 1.807) is 12.3 Å². The van der Waals surface area contributed by atoms with Crippen molar-refractivity contribution in [3.63, 3.8) is 0 Å². The molecule has 1 heterocycles. The standard InChI is InChI=1S/C14H15F2N3OS.ClH/c1-8(10-3-2-9(15)6-11(10)16)18-14(20)12-7-21-13(19-12)4-5-17;/h2-3,6-8H,4-5,17H2,1H3,(H,18,20);1H. The predicted octanol–water partition coefficient (Wildman–Crippen LogP) is 2.84. The summed E-state index contributed by atoms with van der Waals surface area (Å²) >= 11 is 1.35. The zero-order valence-electron chi connectivity index (χ0n) is 11.8. The molecular weight excluding hydrogens is 332 g/mol. The molecule has 8 heteroatoms. The summed E-state index contributed by atoms with van der Waals surface area (Å²) in [6.45, 7) is 2.09. The molecule has 0 bridgehead atoms. The molecule has 1 unspecified atom stereocenters. The number of hydrogen-bond acceptors (Lipinski definition) is 4. The first-order valence-electron chi connectivity index (χ1n) is 6.41. The van der Waals surface area contributed by atoms with Crippen LogP contribution in [0.5, 0.6) is 0 Å². The van der Waals surface area contributed by atoms with Crippen LogP contribution < -0.4 is 11.1 Å². The topological polar surface area (TPSA) is 68.0 Å². The van der Waals surface area contributed by atoms with E-state index >= 15 is 0 Å². The van der Waals surface area contributed by atoms with E-state index in [1.165, 1.54) is 17.4 Å². The van der Waals surface area contributed by atoms with E-state index in [0.717, 1.165) is 17.1 Å². The molecule has 1 amide bonds. The molecule has 1 aromatic heterocycles. The molecule has 0 aliphatic rings. The number of carbonyl (C=O) groups excluding carboxylic acids is 1. The first-order valence-corrected chi connectivity index (χ1v) is 7.29. The van der Waals surface area contributed by atoms with Crippen molar-refractivity contribution in [1.82, 2.24) is 10.3 Å². The number of hydrogen-bond donors (Lipinski definition) is 2. The third-order valence-corrected chi connectivity index (χ3v) is 3.83. The first kappa shape index (κ1) is 18.5. The van der Waals surface area contributed by atoms with Gasteiger partial charge in [-0.15, -0.1) is 23.7 Å². The Labute approximate surface area is 137 Å². The third-order valence-electron chi connectivity index (χ3n) is 2.92. The maximum Gasteiger partial charge on any atom is 0.271 e. The number of nitrogens with zero attached hydrogens (tertiary/aromatic N) is 1. The lowest BCUT2D eigenvalue weighted by Crippen LogP contribution is -2.27. The van der Waals surface area contributed by atoms with Crippen molar-refractivity contribution in [2.45, 2.75) is 19.4 Å². The van der Waals surface area contributed by atoms with Gasteiger partial charge in [0.25, 0.3) is 5.91 Å². The van der Waals surface area contributed by atoms with Gasteiger partial charge < -0.3 is 11.1 Å². The van der Waals surface area contributed by atoms with Crippen LogP contribution >= 0.6 is 23.7 Å². The Morgan fingerprint density at radius 2 is 2.18 bits per heavy atom. The van der Waals surface area contributed by atoms with Crippen LogP contribution in [0.2, 0.25) is 0 Å². The average Bonchev–Trinajstić information content (AvgIpc) is 2.87. The zero-order valence-corrected chi connectivity index (χ0v) is 13.4. The highest BCUT2D eigenvalue weighted by Gasteiger charge is 2.17. The summed E-state index contributed by atoms with van der Waals surface area (Å²) in [6.07, 6.45) is 0.611. The molecule has 1 atom stereocenters. The second-order valence-electron chi connectivity index (χ2n) is 4.53. The van der Waals surface area contributed by atoms with Crippen molar-refractivity contribution in [3.8, 4) is 0 Å². The van der Waals surface area contributed by atoms with Crippen molar-refractivity contribution >= 4 is 29.7 Å². The minimum atomic E-state index is -0.690. The second kappa shape index (κ2) is 8.17. The summed E-state index contributed by atoms with van der Waals surface area (Å²) in [5, 5.41) is 5.05. The minimum Gasteiger partial charge on any atom is -0.344 e. The van der Waals surface area contributed by atoms with Crippen LogP contribution in [0, 0.1) is 11.6 Å². The molecule has 0 aliphatic heterocycles. The number of halogens is 3. The highest BCUT2D eigenvalue weighted by Crippen LogP contribution is 2.18. The predicted molar refractivity (Wildman–Crippen MR) is 84.4 cm³/mol. The maximum atomic E-state index is 13.6. The molecule has 2 aromatic rings. The summed E-state index contributed by atoms with van der Waals surface area (Å²) in [6, 6.07) is 2.68. The number of carbonyl (C=O) groups is 1. The fourth-order valence-corrected chi connectivity index (χ4v) is 2.65. The largest absolute Gasteiger partial charge is 0.344 e. The van der Waals surface area contributed by atoms with E-state index < -0.39 is 23.6 Å². The Kier molecular flexibility index (Phi) is 6.86. The first-order chi connectivity index (χ1) is 10.0. The maximum absolute atomic E-state index is 13.6. The van der Waals surface area contributed by atoms with Gasteiger partial charge in [-0.2, -0.15) is 0 Å². The molecule has 4 nitrogen and oxygen atoms in total. The molecule has 1 aromatic carbocycles. The Morgan fingerprint density at radius 3 is 2.82 bits per heavy atom. The van der Waals surface area contributed by atoms with Gasteiger partial charge in [-0.3, -0.25) is 4.79 Å². The van der Waals surface area contributed by atoms with Gasteiger partial charge in [-0.05, 0) is 19.5 Å². The molecule has 120 valence electrons. The van der Waals surface area contributed by atoms with Gasteiger partial charge in [0.1, 0.15) is 17.3 Å². The van der Waals surface area contributed by atoms with Gasteiger partial charge in [0.15, 0.2) is 0 Å².